The fraction of sp³-hybridized carbons (Fsp3) is 0.667. The Bertz CT molecular complexity index is 1460. The van der Waals surface area contributed by atoms with Gasteiger partial charge in [-0.05, 0) is 75.4 Å². The van der Waals surface area contributed by atoms with Gasteiger partial charge in [0.1, 0.15) is 17.7 Å². The van der Waals surface area contributed by atoms with Gasteiger partial charge in [-0.2, -0.15) is 0 Å². The van der Waals surface area contributed by atoms with Crippen molar-refractivity contribution >= 4 is 35.6 Å². The van der Waals surface area contributed by atoms with E-state index in [0.717, 1.165) is 5.57 Å². The molecule has 3 unspecified atom stereocenters. The number of primary amides is 1. The van der Waals surface area contributed by atoms with Crippen LogP contribution < -0.4 is 11.5 Å². The lowest BCUT2D eigenvalue weighted by Gasteiger charge is -2.59. The molecule has 14 nitrogen and oxygen atoms in total. The molecule has 50 heavy (non-hydrogen) atoms. The number of hydrogen-bond donors (Lipinski definition) is 4. The van der Waals surface area contributed by atoms with Crippen molar-refractivity contribution < 1.29 is 57.9 Å². The van der Waals surface area contributed by atoms with Crippen LogP contribution in [0.2, 0.25) is 0 Å². The average molecular weight is 703 g/mol. The summed E-state index contributed by atoms with van der Waals surface area (Å²) >= 11 is 0. The summed E-state index contributed by atoms with van der Waals surface area (Å²) in [7, 11) is 0. The number of Topliss-reactive ketones (excluding diaryl/α,β-unsaturated/α-hetero) is 1. The predicted molar refractivity (Wildman–Crippen MR) is 176 cm³/mol. The summed E-state index contributed by atoms with van der Waals surface area (Å²) in [6, 6.07) is -1.52. The molecule has 0 spiro atoms. The Morgan fingerprint density at radius 1 is 1.10 bits per heavy atom. The van der Waals surface area contributed by atoms with Crippen LogP contribution in [-0.2, 0) is 42.9 Å². The molecule has 0 bridgehead atoms. The van der Waals surface area contributed by atoms with Gasteiger partial charge in [0.2, 0.25) is 18.5 Å². The molecule has 0 aromatic carbocycles. The van der Waals surface area contributed by atoms with E-state index in [0.29, 0.717) is 25.7 Å². The smallest absolute Gasteiger partial charge is 0.456 e. The van der Waals surface area contributed by atoms with Crippen molar-refractivity contribution in [3.8, 4) is 0 Å². The minimum Gasteiger partial charge on any atom is -0.456 e. The summed E-state index contributed by atoms with van der Waals surface area (Å²) in [5.74, 6) is -4.05. The fourth-order valence-electron chi connectivity index (χ4n) is 8.83. The van der Waals surface area contributed by atoms with Crippen molar-refractivity contribution in [3.63, 3.8) is 0 Å². The van der Waals surface area contributed by atoms with E-state index in [2.05, 4.69) is 0 Å². The highest BCUT2D eigenvalue weighted by molar-refractivity contribution is 6.01. The SMILES string of the molecule is C/C=C/C[C@@H](C)[C@H](CC(N)=O)OC(=O)OCOC(=O)C[C@@H](N)C(=O)OCC(=O)[C@@]1(O)CCC2C3CCC4=CC(=O)C=C[C@]4(C)C3[C@@H](O)C[C@@]21C. The van der Waals surface area contributed by atoms with Gasteiger partial charge in [-0.25, -0.2) is 4.79 Å². The average Bonchev–Trinajstić information content (AvgIpc) is 3.32. The number of ketones is 2. The predicted octanol–water partition coefficient (Wildman–Crippen LogP) is 2.33. The number of aliphatic hydroxyl groups excluding tert-OH is 1. The Balaban J connectivity index is 1.26. The van der Waals surface area contributed by atoms with Crippen LogP contribution >= 0.6 is 0 Å². The maximum absolute atomic E-state index is 13.5. The van der Waals surface area contributed by atoms with Crippen molar-refractivity contribution in [2.45, 2.75) is 103 Å². The van der Waals surface area contributed by atoms with E-state index in [1.54, 1.807) is 26.0 Å². The second kappa shape index (κ2) is 15.6. The zero-order chi connectivity index (χ0) is 37.0. The summed E-state index contributed by atoms with van der Waals surface area (Å²) in [5.41, 5.74) is 8.71. The maximum atomic E-state index is 13.5. The van der Waals surface area contributed by atoms with Gasteiger partial charge >= 0.3 is 18.1 Å². The molecule has 0 heterocycles. The largest absolute Gasteiger partial charge is 0.511 e. The number of carbonyl (C=O) groups excluding carboxylic acids is 6. The molecule has 4 aliphatic carbocycles. The first-order valence-electron chi connectivity index (χ1n) is 17.2. The number of fused-ring (bicyclic) bond motifs is 5. The molecule has 3 fully saturated rings. The Hall–Kier alpha value is -3.88. The van der Waals surface area contributed by atoms with Crippen molar-refractivity contribution in [2.24, 2.45) is 46.0 Å². The first-order chi connectivity index (χ1) is 23.5. The third-order valence-corrected chi connectivity index (χ3v) is 11.6. The van der Waals surface area contributed by atoms with E-state index in [4.69, 9.17) is 30.4 Å². The number of rotatable bonds is 14. The van der Waals surface area contributed by atoms with Crippen LogP contribution in [0.1, 0.15) is 79.1 Å². The van der Waals surface area contributed by atoms with E-state index in [1.807, 2.05) is 32.1 Å². The first kappa shape index (κ1) is 38.9. The van der Waals surface area contributed by atoms with Crippen LogP contribution in [-0.4, -0.2) is 83.0 Å². The monoisotopic (exact) mass is 702 g/mol. The van der Waals surface area contributed by atoms with Crippen molar-refractivity contribution in [2.75, 3.05) is 13.4 Å². The zero-order valence-corrected chi connectivity index (χ0v) is 29.1. The number of hydrogen-bond acceptors (Lipinski definition) is 13. The van der Waals surface area contributed by atoms with Crippen molar-refractivity contribution in [1.82, 2.24) is 0 Å². The van der Waals surface area contributed by atoms with Crippen LogP contribution in [0.3, 0.4) is 0 Å². The van der Waals surface area contributed by atoms with Gasteiger partial charge in [0.05, 0.1) is 18.9 Å². The van der Waals surface area contributed by atoms with Crippen LogP contribution in [0.5, 0.6) is 0 Å². The molecule has 0 saturated heterocycles. The molecular formula is C36H50N2O12. The molecule has 4 rings (SSSR count). The summed E-state index contributed by atoms with van der Waals surface area (Å²) < 4.78 is 19.9. The summed E-state index contributed by atoms with van der Waals surface area (Å²) in [4.78, 5) is 73.9. The van der Waals surface area contributed by atoms with Gasteiger partial charge in [0, 0.05) is 16.7 Å². The normalized spacial score (nSPS) is 33.2. The molecule has 0 aliphatic heterocycles. The Morgan fingerprint density at radius 2 is 1.82 bits per heavy atom. The molecule has 3 saturated carbocycles. The molecule has 0 aromatic rings. The number of ether oxygens (including phenoxy) is 4. The summed E-state index contributed by atoms with van der Waals surface area (Å²) in [6.07, 6.45) is 7.68. The van der Waals surface area contributed by atoms with Crippen LogP contribution in [0.15, 0.2) is 36.0 Å². The van der Waals surface area contributed by atoms with Crippen LogP contribution in [0, 0.1) is 34.5 Å². The van der Waals surface area contributed by atoms with Crippen LogP contribution in [0.4, 0.5) is 4.79 Å². The topological polar surface area (TPSA) is 232 Å². The fourth-order valence-corrected chi connectivity index (χ4v) is 8.83. The summed E-state index contributed by atoms with van der Waals surface area (Å²) in [5, 5.41) is 23.4. The van der Waals surface area contributed by atoms with E-state index in [-0.39, 0.29) is 48.7 Å². The first-order valence-corrected chi connectivity index (χ1v) is 17.2. The van der Waals surface area contributed by atoms with Gasteiger partial charge in [-0.15, -0.1) is 0 Å². The second-order valence-electron chi connectivity index (χ2n) is 14.6. The van der Waals surface area contributed by atoms with E-state index >= 15 is 0 Å². The number of aliphatic hydroxyl groups is 2. The number of carbonyl (C=O) groups is 6. The minimum atomic E-state index is -1.87. The van der Waals surface area contributed by atoms with Crippen molar-refractivity contribution in [1.29, 1.82) is 0 Å². The Labute approximate surface area is 291 Å². The summed E-state index contributed by atoms with van der Waals surface area (Å²) in [6.45, 7) is 5.79. The number of esters is 2. The highest BCUT2D eigenvalue weighted by atomic mass is 16.8. The van der Waals surface area contributed by atoms with Gasteiger partial charge < -0.3 is 40.6 Å². The molecule has 276 valence electrons. The van der Waals surface area contributed by atoms with Gasteiger partial charge in [0.25, 0.3) is 0 Å². The highest BCUT2D eigenvalue weighted by Gasteiger charge is 2.68. The molecule has 0 radical (unpaired) electrons. The molecule has 10 atom stereocenters. The zero-order valence-electron chi connectivity index (χ0n) is 29.1. The molecule has 0 aromatic heterocycles. The number of amides is 1. The lowest BCUT2D eigenvalue weighted by atomic mass is 9.46. The Morgan fingerprint density at radius 3 is 2.50 bits per heavy atom. The van der Waals surface area contributed by atoms with Gasteiger partial charge in [0.15, 0.2) is 12.4 Å². The number of allylic oxidation sites excluding steroid dienone is 6. The standard InChI is InChI=1S/C36H50N2O12/c1-5-6-7-20(2)27(16-29(38)42)50-33(45)49-19-48-30(43)15-25(37)32(44)47-18-28(41)36(46)13-11-24-23-9-8-21-14-22(39)10-12-34(21,3)31(23)26(40)17-35(24,36)4/h5-6,10,12,14,20,23-27,31,40,46H,7-9,11,13,15-19,37H2,1-4H3,(H2,38,42)/b6-5+/t20-,23?,24?,25-,26+,27+,31?,34+,35+,36+/m1/s1. The molecule has 1 amide bonds. The Kier molecular flexibility index (Phi) is 12.1. The number of nitrogens with two attached hydrogens (primary N) is 2. The maximum Gasteiger partial charge on any atom is 0.511 e. The van der Waals surface area contributed by atoms with Crippen molar-refractivity contribution in [3.05, 3.63) is 36.0 Å². The third-order valence-electron chi connectivity index (χ3n) is 11.6. The van der Waals surface area contributed by atoms with Gasteiger partial charge in [-0.1, -0.05) is 44.6 Å². The molecule has 6 N–H and O–H groups in total. The van der Waals surface area contributed by atoms with E-state index in [9.17, 15) is 39.0 Å². The molecule has 4 aliphatic rings. The molecular weight excluding hydrogens is 652 g/mol. The lowest BCUT2D eigenvalue weighted by Crippen LogP contribution is -2.61. The third kappa shape index (κ3) is 7.87. The molecule has 14 heteroatoms. The highest BCUT2D eigenvalue weighted by Crippen LogP contribution is 2.67. The minimum absolute atomic E-state index is 0.00162. The lowest BCUT2D eigenvalue weighted by molar-refractivity contribution is -0.181. The van der Waals surface area contributed by atoms with Gasteiger partial charge in [-0.3, -0.25) is 24.0 Å². The van der Waals surface area contributed by atoms with Crippen LogP contribution in [0.25, 0.3) is 0 Å². The second-order valence-corrected chi connectivity index (χ2v) is 14.6. The quantitative estimate of drug-likeness (QED) is 0.0882. The van der Waals surface area contributed by atoms with E-state index < -0.39 is 84.3 Å². The van der Waals surface area contributed by atoms with E-state index in [1.165, 1.54) is 0 Å².